The summed E-state index contributed by atoms with van der Waals surface area (Å²) in [6, 6.07) is 0. The van der Waals surface area contributed by atoms with Crippen LogP contribution in [0.15, 0.2) is 38.5 Å². The smallest absolute Gasteiger partial charge is 0.219 e. The van der Waals surface area contributed by atoms with Crippen molar-refractivity contribution >= 4 is 17.3 Å². The molecule has 0 saturated carbocycles. The molecule has 2 heterocycles. The quantitative estimate of drug-likeness (QED) is 0.686. The first-order valence-electron chi connectivity index (χ1n) is 9.19. The van der Waals surface area contributed by atoms with Crippen molar-refractivity contribution in [3.8, 4) is 0 Å². The molecule has 3 aliphatic carbocycles. The summed E-state index contributed by atoms with van der Waals surface area (Å²) in [6.45, 7) is 8.53. The Hall–Kier alpha value is -2.80. The van der Waals surface area contributed by atoms with Gasteiger partial charge >= 0.3 is 0 Å². The molecular weight excluding hydrogens is 362 g/mol. The number of Topliss-reactive ketones (excluding diaryl/α,β-unsaturated/α-hetero) is 2. The van der Waals surface area contributed by atoms with Crippen LogP contribution >= 0.6 is 0 Å². The van der Waals surface area contributed by atoms with Crippen LogP contribution in [-0.4, -0.2) is 39.1 Å². The molecule has 1 saturated heterocycles. The Labute approximate surface area is 160 Å². The van der Waals surface area contributed by atoms with Crippen LogP contribution in [-0.2, 0) is 14.3 Å². The van der Waals surface area contributed by atoms with Crippen LogP contribution in [0.2, 0.25) is 0 Å². The first-order chi connectivity index (χ1) is 13.0. The van der Waals surface area contributed by atoms with Crippen molar-refractivity contribution in [2.24, 2.45) is 5.41 Å². The van der Waals surface area contributed by atoms with Gasteiger partial charge in [0.15, 0.2) is 28.7 Å². The van der Waals surface area contributed by atoms with Crippen LogP contribution < -0.4 is 0 Å². The van der Waals surface area contributed by atoms with E-state index in [1.54, 1.807) is 34.6 Å². The zero-order valence-electron chi connectivity index (χ0n) is 16.2. The Bertz CT molecular complexity index is 1130. The summed E-state index contributed by atoms with van der Waals surface area (Å²) in [7, 11) is 0. The van der Waals surface area contributed by atoms with Crippen LogP contribution in [0.25, 0.3) is 0 Å². The topological polar surface area (TPSA) is 107 Å². The minimum Gasteiger partial charge on any atom is -0.490 e. The molecule has 144 valence electrons. The third-order valence-corrected chi connectivity index (χ3v) is 6.68. The first-order valence-corrected chi connectivity index (χ1v) is 9.19. The number of ether oxygens (including phenoxy) is 1. The van der Waals surface area contributed by atoms with Crippen LogP contribution in [0.1, 0.15) is 55.8 Å². The lowest BCUT2D eigenvalue weighted by Gasteiger charge is -2.41. The summed E-state index contributed by atoms with van der Waals surface area (Å²) in [5.74, 6) is -2.08. The maximum atomic E-state index is 13.6. The molecule has 1 unspecified atom stereocenters. The summed E-state index contributed by atoms with van der Waals surface area (Å²) in [4.78, 5) is 43.8. The van der Waals surface area contributed by atoms with Crippen molar-refractivity contribution in [2.75, 3.05) is 0 Å². The van der Waals surface area contributed by atoms with Crippen molar-refractivity contribution in [1.29, 1.82) is 0 Å². The van der Waals surface area contributed by atoms with E-state index in [4.69, 9.17) is 9.15 Å². The lowest BCUT2D eigenvalue weighted by Crippen LogP contribution is -2.55. The number of allylic oxidation sites excluding steroid dienone is 4. The van der Waals surface area contributed by atoms with Gasteiger partial charge in [0.1, 0.15) is 17.8 Å². The third kappa shape index (κ3) is 1.61. The molecular formula is C21H19NO6. The van der Waals surface area contributed by atoms with Crippen LogP contribution in [0, 0.1) is 12.3 Å². The molecule has 5 rings (SSSR count). The fourth-order valence-corrected chi connectivity index (χ4v) is 4.78. The molecule has 1 fully saturated rings. The highest BCUT2D eigenvalue weighted by Crippen LogP contribution is 2.59. The van der Waals surface area contributed by atoms with E-state index < -0.39 is 34.6 Å². The summed E-state index contributed by atoms with van der Waals surface area (Å²) >= 11 is 0. The van der Waals surface area contributed by atoms with Gasteiger partial charge in [-0.25, -0.2) is 4.98 Å². The predicted octanol–water partition coefficient (Wildman–Crippen LogP) is 2.10. The number of nitrogens with zero attached hydrogens (tertiary/aromatic N) is 1. The molecule has 3 atom stereocenters. The van der Waals surface area contributed by atoms with Crippen molar-refractivity contribution in [2.45, 2.75) is 52.2 Å². The molecule has 0 amide bonds. The molecule has 1 aromatic heterocycles. The van der Waals surface area contributed by atoms with Gasteiger partial charge in [0.05, 0.1) is 5.57 Å². The number of rotatable bonds is 0. The van der Waals surface area contributed by atoms with E-state index in [0.717, 1.165) is 0 Å². The van der Waals surface area contributed by atoms with Gasteiger partial charge in [0, 0.05) is 17.9 Å². The zero-order chi connectivity index (χ0) is 20.3. The SMILES string of the molecule is CC1=CC(=O)C2C3=C(C(=O)c4nc(C)oc42)C(=O)[C@@]2(O)C(=C13)O[C@@H](C)C2(C)C. The molecule has 28 heavy (non-hydrogen) atoms. The number of carbonyl (C=O) groups is 3. The first kappa shape index (κ1) is 17.3. The Kier molecular flexibility index (Phi) is 2.96. The van der Waals surface area contributed by atoms with E-state index >= 15 is 0 Å². The standard InChI is InChI=1S/C21H19NO6/c1-7-6-10(23)12-13-11(7)19-21(26,20(4,5)8(2)27-19)18(25)14(13)16(24)15-17(12)28-9(3)22-15/h6,8,12,26H,1-5H3/t8-,12?,21+/m0/s1. The van der Waals surface area contributed by atoms with Crippen molar-refractivity contribution in [3.63, 3.8) is 0 Å². The largest absolute Gasteiger partial charge is 0.490 e. The zero-order valence-corrected chi connectivity index (χ0v) is 16.2. The Morgan fingerprint density at radius 3 is 2.50 bits per heavy atom. The molecule has 0 spiro atoms. The van der Waals surface area contributed by atoms with Crippen LogP contribution in [0.3, 0.4) is 0 Å². The van der Waals surface area contributed by atoms with Gasteiger partial charge in [0.2, 0.25) is 11.6 Å². The molecule has 0 bridgehead atoms. The number of hydrogen-bond donors (Lipinski definition) is 1. The molecule has 1 aliphatic heterocycles. The normalized spacial score (nSPS) is 32.8. The fourth-order valence-electron chi connectivity index (χ4n) is 4.78. The Morgan fingerprint density at radius 1 is 1.14 bits per heavy atom. The maximum Gasteiger partial charge on any atom is 0.219 e. The van der Waals surface area contributed by atoms with E-state index in [1.165, 1.54) is 6.08 Å². The number of aromatic nitrogens is 1. The van der Waals surface area contributed by atoms with Crippen LogP contribution in [0.5, 0.6) is 0 Å². The number of hydrogen-bond acceptors (Lipinski definition) is 7. The van der Waals surface area contributed by atoms with Gasteiger partial charge in [-0.1, -0.05) is 13.8 Å². The predicted molar refractivity (Wildman–Crippen MR) is 95.4 cm³/mol. The molecule has 4 aliphatic rings. The third-order valence-electron chi connectivity index (χ3n) is 6.68. The number of aliphatic hydroxyl groups is 1. The number of carbonyl (C=O) groups excluding carboxylic acids is 3. The molecule has 0 aromatic carbocycles. The summed E-state index contributed by atoms with van der Waals surface area (Å²) in [6.07, 6.45) is 0.974. The average Bonchev–Trinajstić information content (AvgIpc) is 3.07. The monoisotopic (exact) mass is 381 g/mol. The van der Waals surface area contributed by atoms with Gasteiger partial charge < -0.3 is 14.3 Å². The second kappa shape index (κ2) is 4.78. The fraction of sp³-hybridized carbons (Fsp3) is 0.429. The molecule has 7 nitrogen and oxygen atoms in total. The Morgan fingerprint density at radius 2 is 1.82 bits per heavy atom. The second-order valence-electron chi connectivity index (χ2n) is 8.45. The molecule has 0 radical (unpaired) electrons. The lowest BCUT2D eigenvalue weighted by molar-refractivity contribution is -0.138. The van der Waals surface area contributed by atoms with E-state index in [-0.39, 0.29) is 40.0 Å². The highest BCUT2D eigenvalue weighted by atomic mass is 16.5. The lowest BCUT2D eigenvalue weighted by atomic mass is 9.60. The van der Waals surface area contributed by atoms with E-state index in [2.05, 4.69) is 4.98 Å². The van der Waals surface area contributed by atoms with Crippen molar-refractivity contribution in [1.82, 2.24) is 4.98 Å². The minimum atomic E-state index is -1.99. The van der Waals surface area contributed by atoms with Crippen molar-refractivity contribution < 1.29 is 28.6 Å². The molecule has 1 aromatic rings. The molecule has 1 N–H and O–H groups in total. The summed E-state index contributed by atoms with van der Waals surface area (Å²) in [5, 5.41) is 11.6. The number of oxazole rings is 1. The van der Waals surface area contributed by atoms with Gasteiger partial charge in [-0.05, 0) is 31.1 Å². The second-order valence-corrected chi connectivity index (χ2v) is 8.45. The maximum absolute atomic E-state index is 13.6. The summed E-state index contributed by atoms with van der Waals surface area (Å²) in [5.41, 5.74) is -1.91. The number of aryl methyl sites for hydroxylation is 1. The highest BCUT2D eigenvalue weighted by Gasteiger charge is 2.68. The number of fused-ring (bicyclic) bond motifs is 3. The van der Waals surface area contributed by atoms with Gasteiger partial charge in [-0.15, -0.1) is 0 Å². The van der Waals surface area contributed by atoms with E-state index in [1.807, 2.05) is 0 Å². The van der Waals surface area contributed by atoms with Crippen LogP contribution in [0.4, 0.5) is 0 Å². The summed E-state index contributed by atoms with van der Waals surface area (Å²) < 4.78 is 11.6. The van der Waals surface area contributed by atoms with Gasteiger partial charge in [-0.2, -0.15) is 0 Å². The highest BCUT2D eigenvalue weighted by molar-refractivity contribution is 6.33. The van der Waals surface area contributed by atoms with E-state index in [0.29, 0.717) is 11.1 Å². The minimum absolute atomic E-state index is 0.0351. The number of ketones is 3. The van der Waals surface area contributed by atoms with Gasteiger partial charge in [0.25, 0.3) is 0 Å². The van der Waals surface area contributed by atoms with E-state index in [9.17, 15) is 19.5 Å². The average molecular weight is 381 g/mol. The Balaban J connectivity index is 1.92. The van der Waals surface area contributed by atoms with Gasteiger partial charge in [-0.3, -0.25) is 14.4 Å². The van der Waals surface area contributed by atoms with Crippen molar-refractivity contribution in [3.05, 3.63) is 51.5 Å². The molecule has 7 heteroatoms.